The van der Waals surface area contributed by atoms with Crippen LogP contribution in [-0.4, -0.2) is 22.8 Å². The lowest BCUT2D eigenvalue weighted by atomic mass is 10.1. The first kappa shape index (κ1) is 21.6. The van der Waals surface area contributed by atoms with Crippen LogP contribution in [0.1, 0.15) is 36.4 Å². The van der Waals surface area contributed by atoms with E-state index in [4.69, 9.17) is 4.74 Å². The van der Waals surface area contributed by atoms with E-state index in [9.17, 15) is 4.79 Å². The van der Waals surface area contributed by atoms with Gasteiger partial charge in [-0.05, 0) is 49.6 Å². The summed E-state index contributed by atoms with van der Waals surface area (Å²) in [5, 5.41) is 4.67. The molecule has 2 aromatic carbocycles. The van der Waals surface area contributed by atoms with Gasteiger partial charge in [-0.3, -0.25) is 9.48 Å². The molecule has 158 valence electrons. The van der Waals surface area contributed by atoms with Crippen LogP contribution >= 0.6 is 0 Å². The molecule has 0 aliphatic heterocycles. The zero-order valence-electron chi connectivity index (χ0n) is 18.6. The van der Waals surface area contributed by atoms with Crippen molar-refractivity contribution in [1.29, 1.82) is 0 Å². The largest absolute Gasteiger partial charge is 0.497 e. The third-order valence-electron chi connectivity index (χ3n) is 5.27. The third-order valence-corrected chi connectivity index (χ3v) is 5.27. The Labute approximate surface area is 179 Å². The number of benzene rings is 2. The molecule has 0 unspecified atom stereocenters. The molecule has 5 heteroatoms. The van der Waals surface area contributed by atoms with Crippen molar-refractivity contribution in [1.82, 2.24) is 9.78 Å². The Kier molecular flexibility index (Phi) is 6.93. The third kappa shape index (κ3) is 5.09. The highest BCUT2D eigenvalue weighted by Gasteiger charge is 2.21. The van der Waals surface area contributed by atoms with Gasteiger partial charge >= 0.3 is 0 Å². The second-order valence-corrected chi connectivity index (χ2v) is 8.07. The number of rotatable bonds is 8. The summed E-state index contributed by atoms with van der Waals surface area (Å²) in [7, 11) is 1.64. The average molecular weight is 406 g/mol. The lowest BCUT2D eigenvalue weighted by Crippen LogP contribution is -2.32. The first-order valence-corrected chi connectivity index (χ1v) is 10.4. The number of ether oxygens (including phenoxy) is 1. The molecule has 3 rings (SSSR count). The fraction of sp³-hybridized carbons (Fsp3) is 0.360. The van der Waals surface area contributed by atoms with Crippen molar-refractivity contribution in [2.24, 2.45) is 5.92 Å². The number of carbonyl (C=O) groups is 1. The Morgan fingerprint density at radius 3 is 2.33 bits per heavy atom. The zero-order chi connectivity index (χ0) is 21.7. The van der Waals surface area contributed by atoms with E-state index in [1.165, 1.54) is 0 Å². The molecule has 0 fully saturated rings. The van der Waals surface area contributed by atoms with E-state index >= 15 is 0 Å². The molecule has 1 heterocycles. The molecule has 0 saturated heterocycles. The zero-order valence-corrected chi connectivity index (χ0v) is 18.6. The summed E-state index contributed by atoms with van der Waals surface area (Å²) in [6, 6.07) is 17.7. The molecular formula is C25H31N3O2. The number of nitrogens with zero attached hydrogens (tertiary/aromatic N) is 3. The van der Waals surface area contributed by atoms with Crippen LogP contribution in [0.3, 0.4) is 0 Å². The van der Waals surface area contributed by atoms with Gasteiger partial charge in [-0.1, -0.05) is 44.2 Å². The Bertz CT molecular complexity index is 976. The van der Waals surface area contributed by atoms with Gasteiger partial charge in [-0.2, -0.15) is 5.10 Å². The molecule has 1 amide bonds. The van der Waals surface area contributed by atoms with Crippen molar-refractivity contribution in [3.63, 3.8) is 0 Å². The molecule has 0 aliphatic rings. The van der Waals surface area contributed by atoms with Crippen LogP contribution < -0.4 is 9.64 Å². The molecule has 0 bridgehead atoms. The summed E-state index contributed by atoms with van der Waals surface area (Å²) in [5.74, 6) is 1.33. The fourth-order valence-electron chi connectivity index (χ4n) is 3.61. The van der Waals surface area contributed by atoms with Gasteiger partial charge in [0.05, 0.1) is 25.8 Å². The van der Waals surface area contributed by atoms with E-state index in [1.807, 2.05) is 71.1 Å². The van der Waals surface area contributed by atoms with E-state index in [0.717, 1.165) is 40.5 Å². The molecule has 0 N–H and O–H groups in total. The van der Waals surface area contributed by atoms with Crippen molar-refractivity contribution < 1.29 is 9.53 Å². The summed E-state index contributed by atoms with van der Waals surface area (Å²) in [5.41, 5.74) is 4.97. The quantitative estimate of drug-likeness (QED) is 0.533. The molecule has 0 radical (unpaired) electrons. The number of aromatic nitrogens is 2. The molecule has 0 aliphatic carbocycles. The van der Waals surface area contributed by atoms with E-state index in [2.05, 4.69) is 25.9 Å². The highest BCUT2D eigenvalue weighted by molar-refractivity contribution is 5.95. The maximum atomic E-state index is 13.5. The van der Waals surface area contributed by atoms with Crippen molar-refractivity contribution in [3.05, 3.63) is 77.1 Å². The first-order chi connectivity index (χ1) is 14.4. The fourth-order valence-corrected chi connectivity index (χ4v) is 3.61. The Balaban J connectivity index is 1.89. The molecule has 1 aromatic heterocycles. The number of hydrogen-bond acceptors (Lipinski definition) is 3. The van der Waals surface area contributed by atoms with Crippen molar-refractivity contribution in [3.8, 4) is 5.75 Å². The van der Waals surface area contributed by atoms with Gasteiger partial charge in [0.1, 0.15) is 5.75 Å². The Morgan fingerprint density at radius 1 is 1.07 bits per heavy atom. The minimum absolute atomic E-state index is 0.0549. The predicted octanol–water partition coefficient (Wildman–Crippen LogP) is 4.94. The van der Waals surface area contributed by atoms with E-state index in [0.29, 0.717) is 18.9 Å². The maximum Gasteiger partial charge on any atom is 0.231 e. The highest BCUT2D eigenvalue weighted by Crippen LogP contribution is 2.24. The number of methoxy groups -OCH3 is 1. The SMILES string of the molecule is COc1ccc(N(Cc2ccccc2)C(=O)Cc2c(C)nn(CC(C)C)c2C)cc1. The summed E-state index contributed by atoms with van der Waals surface area (Å²) in [6.07, 6.45) is 0.328. The minimum Gasteiger partial charge on any atom is -0.497 e. The number of aryl methyl sites for hydroxylation is 1. The second-order valence-electron chi connectivity index (χ2n) is 8.07. The first-order valence-electron chi connectivity index (χ1n) is 10.4. The maximum absolute atomic E-state index is 13.5. The lowest BCUT2D eigenvalue weighted by Gasteiger charge is -2.23. The standard InChI is InChI=1S/C25H31N3O2/c1-18(2)16-28-20(4)24(19(3)26-28)15-25(29)27(17-21-9-7-6-8-10-21)22-11-13-23(30-5)14-12-22/h6-14,18H,15-17H2,1-5H3. The number of amides is 1. The van der Waals surface area contributed by atoms with Gasteiger partial charge in [0.25, 0.3) is 0 Å². The van der Waals surface area contributed by atoms with Crippen LogP contribution in [-0.2, 0) is 24.3 Å². The summed E-state index contributed by atoms with van der Waals surface area (Å²) >= 11 is 0. The molecular weight excluding hydrogens is 374 g/mol. The Morgan fingerprint density at radius 2 is 1.73 bits per heavy atom. The second kappa shape index (κ2) is 9.61. The van der Waals surface area contributed by atoms with E-state index < -0.39 is 0 Å². The molecule has 0 atom stereocenters. The number of carbonyl (C=O) groups excluding carboxylic acids is 1. The summed E-state index contributed by atoms with van der Waals surface area (Å²) < 4.78 is 7.30. The van der Waals surface area contributed by atoms with Gasteiger partial charge in [0, 0.05) is 23.5 Å². The van der Waals surface area contributed by atoms with E-state index in [1.54, 1.807) is 7.11 Å². The van der Waals surface area contributed by atoms with Crippen LogP contribution in [0.5, 0.6) is 5.75 Å². The van der Waals surface area contributed by atoms with Crippen LogP contribution in [0.4, 0.5) is 5.69 Å². The molecule has 5 nitrogen and oxygen atoms in total. The van der Waals surface area contributed by atoms with Gasteiger partial charge < -0.3 is 9.64 Å². The van der Waals surface area contributed by atoms with Gasteiger partial charge in [-0.25, -0.2) is 0 Å². The monoisotopic (exact) mass is 405 g/mol. The van der Waals surface area contributed by atoms with Crippen molar-refractivity contribution in [2.75, 3.05) is 12.0 Å². The Hall–Kier alpha value is -3.08. The average Bonchev–Trinajstić information content (AvgIpc) is 2.99. The van der Waals surface area contributed by atoms with Gasteiger partial charge in [0.2, 0.25) is 5.91 Å². The molecule has 0 spiro atoms. The number of hydrogen-bond donors (Lipinski definition) is 0. The molecule has 30 heavy (non-hydrogen) atoms. The van der Waals surface area contributed by atoms with Crippen LogP contribution in [0.25, 0.3) is 0 Å². The van der Waals surface area contributed by atoms with Crippen molar-refractivity contribution >= 4 is 11.6 Å². The topological polar surface area (TPSA) is 47.4 Å². The van der Waals surface area contributed by atoms with Gasteiger partial charge in [0.15, 0.2) is 0 Å². The minimum atomic E-state index is 0.0549. The van der Waals surface area contributed by atoms with Crippen LogP contribution in [0, 0.1) is 19.8 Å². The predicted molar refractivity (Wildman–Crippen MR) is 121 cm³/mol. The summed E-state index contributed by atoms with van der Waals surface area (Å²) in [4.78, 5) is 15.3. The number of anilines is 1. The molecule has 0 saturated carbocycles. The molecule has 3 aromatic rings. The van der Waals surface area contributed by atoms with E-state index in [-0.39, 0.29) is 5.91 Å². The smallest absolute Gasteiger partial charge is 0.231 e. The highest BCUT2D eigenvalue weighted by atomic mass is 16.5. The van der Waals surface area contributed by atoms with Crippen molar-refractivity contribution in [2.45, 2.75) is 47.2 Å². The lowest BCUT2D eigenvalue weighted by molar-refractivity contribution is -0.118. The van der Waals surface area contributed by atoms with Gasteiger partial charge in [-0.15, -0.1) is 0 Å². The van der Waals surface area contributed by atoms with Crippen LogP contribution in [0.2, 0.25) is 0 Å². The summed E-state index contributed by atoms with van der Waals surface area (Å²) in [6.45, 7) is 9.76. The van der Waals surface area contributed by atoms with Crippen LogP contribution in [0.15, 0.2) is 54.6 Å². The normalized spacial score (nSPS) is 11.0.